The maximum absolute atomic E-state index is 12.2. The van der Waals surface area contributed by atoms with Crippen molar-refractivity contribution in [1.82, 2.24) is 14.9 Å². The van der Waals surface area contributed by atoms with E-state index in [1.165, 1.54) is 6.07 Å². The number of aromatic amines is 1. The molecule has 3 N–H and O–H groups in total. The molecule has 0 aliphatic carbocycles. The van der Waals surface area contributed by atoms with Crippen molar-refractivity contribution in [2.24, 2.45) is 0 Å². The first-order valence-electron chi connectivity index (χ1n) is 7.49. The molecule has 0 saturated heterocycles. The Morgan fingerprint density at radius 2 is 2.08 bits per heavy atom. The van der Waals surface area contributed by atoms with Gasteiger partial charge in [0.05, 0.1) is 5.69 Å². The van der Waals surface area contributed by atoms with Crippen molar-refractivity contribution < 1.29 is 9.90 Å². The number of nitrogens with zero attached hydrogens (tertiary/aromatic N) is 1. The van der Waals surface area contributed by atoms with E-state index in [2.05, 4.69) is 10.3 Å². The highest BCUT2D eigenvalue weighted by atomic mass is 35.5. The molecule has 0 fully saturated rings. The van der Waals surface area contributed by atoms with Crippen LogP contribution in [0.2, 0.25) is 5.02 Å². The summed E-state index contributed by atoms with van der Waals surface area (Å²) >= 11 is 5.94. The number of amides is 1. The van der Waals surface area contributed by atoms with E-state index in [1.807, 2.05) is 6.92 Å². The van der Waals surface area contributed by atoms with Crippen LogP contribution in [0.1, 0.15) is 35.7 Å². The SMILES string of the molecule is CCCCNC(=O)c1c(O)n(-c2cc(Cl)ccc2C)c(=O)[nH]c1=O. The van der Waals surface area contributed by atoms with Crippen molar-refractivity contribution in [3.05, 3.63) is 55.2 Å². The van der Waals surface area contributed by atoms with Gasteiger partial charge in [-0.05, 0) is 31.0 Å². The molecule has 1 aromatic carbocycles. The number of H-pyrrole nitrogens is 1. The first-order chi connectivity index (χ1) is 11.4. The summed E-state index contributed by atoms with van der Waals surface area (Å²) in [5, 5.41) is 13.3. The van der Waals surface area contributed by atoms with E-state index >= 15 is 0 Å². The van der Waals surface area contributed by atoms with Crippen LogP contribution in [-0.2, 0) is 0 Å². The summed E-state index contributed by atoms with van der Waals surface area (Å²) in [6.07, 6.45) is 1.60. The zero-order valence-electron chi connectivity index (χ0n) is 13.4. The predicted octanol–water partition coefficient (Wildman–Crippen LogP) is 1.72. The fourth-order valence-corrected chi connectivity index (χ4v) is 2.41. The number of nitrogens with one attached hydrogen (secondary N) is 2. The summed E-state index contributed by atoms with van der Waals surface area (Å²) in [5.74, 6) is -1.46. The lowest BCUT2D eigenvalue weighted by Crippen LogP contribution is -2.37. The van der Waals surface area contributed by atoms with Crippen molar-refractivity contribution in [1.29, 1.82) is 0 Å². The fraction of sp³-hybridized carbons (Fsp3) is 0.312. The maximum atomic E-state index is 12.2. The molecule has 0 aliphatic rings. The third kappa shape index (κ3) is 3.51. The molecule has 2 rings (SSSR count). The third-order valence-corrected chi connectivity index (χ3v) is 3.78. The first kappa shape index (κ1) is 17.8. The monoisotopic (exact) mass is 351 g/mol. The Balaban J connectivity index is 2.61. The molecular formula is C16H18ClN3O4. The molecule has 0 saturated carbocycles. The summed E-state index contributed by atoms with van der Waals surface area (Å²) < 4.78 is 0.858. The summed E-state index contributed by atoms with van der Waals surface area (Å²) in [5.41, 5.74) is -1.38. The lowest BCUT2D eigenvalue weighted by atomic mass is 10.2. The zero-order chi connectivity index (χ0) is 17.9. The van der Waals surface area contributed by atoms with Crippen LogP contribution < -0.4 is 16.6 Å². The maximum Gasteiger partial charge on any atom is 0.335 e. The third-order valence-electron chi connectivity index (χ3n) is 3.54. The van der Waals surface area contributed by atoms with Gasteiger partial charge in [0.15, 0.2) is 5.56 Å². The Labute approximate surface area is 142 Å². The van der Waals surface area contributed by atoms with E-state index in [-0.39, 0.29) is 5.69 Å². The number of carbonyl (C=O) groups is 1. The molecule has 0 aliphatic heterocycles. The smallest absolute Gasteiger partial charge is 0.335 e. The van der Waals surface area contributed by atoms with Crippen LogP contribution in [0.4, 0.5) is 0 Å². The van der Waals surface area contributed by atoms with E-state index in [4.69, 9.17) is 11.6 Å². The number of aromatic nitrogens is 2. The topological polar surface area (TPSA) is 104 Å². The summed E-state index contributed by atoms with van der Waals surface area (Å²) in [4.78, 5) is 38.3. The summed E-state index contributed by atoms with van der Waals surface area (Å²) in [6.45, 7) is 4.03. The van der Waals surface area contributed by atoms with Gasteiger partial charge in [-0.25, -0.2) is 9.36 Å². The normalized spacial score (nSPS) is 10.6. The largest absolute Gasteiger partial charge is 0.493 e. The number of rotatable bonds is 5. The number of benzene rings is 1. The van der Waals surface area contributed by atoms with E-state index in [0.717, 1.165) is 17.4 Å². The van der Waals surface area contributed by atoms with Crippen LogP contribution in [0.5, 0.6) is 5.88 Å². The Kier molecular flexibility index (Phi) is 5.46. The molecular weight excluding hydrogens is 334 g/mol. The molecule has 8 heteroatoms. The molecule has 0 unspecified atom stereocenters. The van der Waals surface area contributed by atoms with Crippen molar-refractivity contribution >= 4 is 17.5 Å². The number of aromatic hydroxyl groups is 1. The van der Waals surface area contributed by atoms with Gasteiger partial charge in [0.2, 0.25) is 5.88 Å². The molecule has 1 aromatic heterocycles. The second-order valence-corrected chi connectivity index (χ2v) is 5.77. The second-order valence-electron chi connectivity index (χ2n) is 5.33. The van der Waals surface area contributed by atoms with Crippen LogP contribution in [0, 0.1) is 6.92 Å². The van der Waals surface area contributed by atoms with Gasteiger partial charge in [-0.2, -0.15) is 0 Å². The highest BCUT2D eigenvalue weighted by Gasteiger charge is 2.22. The summed E-state index contributed by atoms with van der Waals surface area (Å²) in [6, 6.07) is 4.76. The number of aryl methyl sites for hydroxylation is 1. The van der Waals surface area contributed by atoms with Crippen molar-refractivity contribution in [2.75, 3.05) is 6.54 Å². The number of hydrogen-bond acceptors (Lipinski definition) is 4. The molecule has 2 aromatic rings. The number of halogens is 1. The lowest BCUT2D eigenvalue weighted by Gasteiger charge is -2.13. The molecule has 24 heavy (non-hydrogen) atoms. The Hall–Kier alpha value is -2.54. The molecule has 1 amide bonds. The fourth-order valence-electron chi connectivity index (χ4n) is 2.24. The number of hydrogen-bond donors (Lipinski definition) is 3. The molecule has 7 nitrogen and oxygen atoms in total. The highest BCUT2D eigenvalue weighted by Crippen LogP contribution is 2.22. The van der Waals surface area contributed by atoms with Gasteiger partial charge in [0.25, 0.3) is 11.5 Å². The Morgan fingerprint density at radius 1 is 1.38 bits per heavy atom. The minimum atomic E-state index is -0.942. The van der Waals surface area contributed by atoms with Gasteiger partial charge >= 0.3 is 5.69 Å². The van der Waals surface area contributed by atoms with Crippen LogP contribution >= 0.6 is 11.6 Å². The van der Waals surface area contributed by atoms with E-state index in [1.54, 1.807) is 19.1 Å². The van der Waals surface area contributed by atoms with E-state index < -0.39 is 28.6 Å². The Bertz CT molecular complexity index is 886. The minimum Gasteiger partial charge on any atom is -0.493 e. The highest BCUT2D eigenvalue weighted by molar-refractivity contribution is 6.30. The molecule has 128 valence electrons. The van der Waals surface area contributed by atoms with Crippen LogP contribution in [0.25, 0.3) is 5.69 Å². The Morgan fingerprint density at radius 3 is 2.75 bits per heavy atom. The van der Waals surface area contributed by atoms with Gasteiger partial charge in [-0.3, -0.25) is 14.6 Å². The minimum absolute atomic E-state index is 0.281. The van der Waals surface area contributed by atoms with Gasteiger partial charge in [0.1, 0.15) is 0 Å². The number of carbonyl (C=O) groups excluding carboxylic acids is 1. The average Bonchev–Trinajstić information content (AvgIpc) is 2.50. The predicted molar refractivity (Wildman–Crippen MR) is 91.3 cm³/mol. The first-order valence-corrected chi connectivity index (χ1v) is 7.87. The van der Waals surface area contributed by atoms with Crippen LogP contribution in [0.15, 0.2) is 27.8 Å². The molecule has 0 atom stereocenters. The molecule has 0 spiro atoms. The summed E-state index contributed by atoms with van der Waals surface area (Å²) in [7, 11) is 0. The van der Waals surface area contributed by atoms with Crippen molar-refractivity contribution in [3.63, 3.8) is 0 Å². The lowest BCUT2D eigenvalue weighted by molar-refractivity contribution is 0.0947. The zero-order valence-corrected chi connectivity index (χ0v) is 14.1. The standard InChI is InChI=1S/C16H18ClN3O4/c1-3-4-7-18-13(21)12-14(22)19-16(24)20(15(12)23)11-8-10(17)6-5-9(11)2/h5-6,8,23H,3-4,7H2,1-2H3,(H,18,21)(H,19,22,24). The van der Waals surface area contributed by atoms with Crippen molar-refractivity contribution in [2.45, 2.75) is 26.7 Å². The molecule has 1 heterocycles. The van der Waals surface area contributed by atoms with Crippen LogP contribution in [0.3, 0.4) is 0 Å². The van der Waals surface area contributed by atoms with E-state index in [9.17, 15) is 19.5 Å². The molecule has 0 radical (unpaired) electrons. The van der Waals surface area contributed by atoms with Gasteiger partial charge in [-0.1, -0.05) is 31.0 Å². The average molecular weight is 352 g/mol. The quantitative estimate of drug-likeness (QED) is 0.713. The van der Waals surface area contributed by atoms with Gasteiger partial charge in [0, 0.05) is 11.6 Å². The molecule has 0 bridgehead atoms. The second kappa shape index (κ2) is 7.35. The van der Waals surface area contributed by atoms with Gasteiger partial charge < -0.3 is 10.4 Å². The van der Waals surface area contributed by atoms with E-state index in [0.29, 0.717) is 17.1 Å². The number of unbranched alkanes of at least 4 members (excludes halogenated alkanes) is 1. The van der Waals surface area contributed by atoms with Crippen molar-refractivity contribution in [3.8, 4) is 11.6 Å². The van der Waals surface area contributed by atoms with Crippen LogP contribution in [-0.4, -0.2) is 27.1 Å². The van der Waals surface area contributed by atoms with Gasteiger partial charge in [-0.15, -0.1) is 0 Å².